The molecule has 4 unspecified atom stereocenters. The van der Waals surface area contributed by atoms with Gasteiger partial charge in [0.05, 0.1) is 61.7 Å². The minimum atomic E-state index is -0.262. The molecule has 116 heavy (non-hydrogen) atoms. The lowest BCUT2D eigenvalue weighted by molar-refractivity contribution is -0.169. The van der Waals surface area contributed by atoms with Crippen LogP contribution in [-0.2, 0) is 87.0 Å². The second kappa shape index (κ2) is 42.1. The lowest BCUT2D eigenvalue weighted by atomic mass is 10.1. The summed E-state index contributed by atoms with van der Waals surface area (Å²) in [6, 6.07) is 83.4. The highest BCUT2D eigenvalue weighted by Crippen LogP contribution is 2.28. The van der Waals surface area contributed by atoms with Crippen LogP contribution in [0.2, 0.25) is 0 Å². The molecule has 17 aromatic rings. The van der Waals surface area contributed by atoms with E-state index in [9.17, 15) is 0 Å². The number of benzene rings is 6. The normalized spacial score (nSPS) is 16.8. The Bertz CT molecular complexity index is 4850. The summed E-state index contributed by atoms with van der Waals surface area (Å²) in [6.07, 6.45) is 27.4. The quantitative estimate of drug-likeness (QED) is 0.0474. The van der Waals surface area contributed by atoms with Crippen LogP contribution in [0.4, 0.5) is 0 Å². The zero-order valence-electron chi connectivity index (χ0n) is 67.1. The average molecular weight is 1550 g/mol. The molecule has 4 saturated heterocycles. The van der Waals surface area contributed by atoms with Crippen molar-refractivity contribution in [3.8, 4) is 0 Å². The first kappa shape index (κ1) is 80.9. The summed E-state index contributed by atoms with van der Waals surface area (Å²) in [5.74, 6) is 0. The van der Waals surface area contributed by atoms with E-state index in [4.69, 9.17) is 67.3 Å². The van der Waals surface area contributed by atoms with Crippen LogP contribution < -0.4 is 0 Å². The Hall–Kier alpha value is -10.2. The SMILES string of the molecule is CCCCCCOCc1cc2c#cc3cc(COC4CCCCO4)cc(c3)c3ccc(nc3)c3ccc(cn3)c3cc(COC4CCCCO4)cc(c#cc4cc(COCCCCCC)cc(c#cc5cc(COC6CCCCO6)cc(c5)c5ccc(nc5)c5ccc(cn5)c5cc(COC6CCCCO6)cc(c#cc(c1)c2)c5)c4)c3. The molecule has 592 valence electrons. The van der Waals surface area contributed by atoms with Gasteiger partial charge < -0.3 is 47.4 Å². The van der Waals surface area contributed by atoms with Gasteiger partial charge in [0.1, 0.15) is 0 Å². The van der Waals surface area contributed by atoms with Crippen LogP contribution in [0.3, 0.4) is 0 Å². The number of pyridine rings is 4. The zero-order chi connectivity index (χ0) is 78.7. The molecule has 0 radical (unpaired) electrons. The van der Waals surface area contributed by atoms with Gasteiger partial charge in [-0.15, -0.1) is 0 Å². The first-order valence-electron chi connectivity index (χ1n) is 42.1. The topological polar surface area (TPSA) is 144 Å². The highest BCUT2D eigenvalue weighted by Gasteiger charge is 2.19. The number of aromatic nitrogens is 4. The summed E-state index contributed by atoms with van der Waals surface area (Å²) >= 11 is 0. The third-order valence-corrected chi connectivity index (χ3v) is 21.4. The number of rotatable bonds is 26. The van der Waals surface area contributed by atoms with Gasteiger partial charge in [-0.1, -0.05) is 125 Å². The lowest BCUT2D eigenvalue weighted by Crippen LogP contribution is -2.21. The molecular formula is C102H104N4O10. The van der Waals surface area contributed by atoms with Gasteiger partial charge in [-0.3, -0.25) is 19.9 Å². The van der Waals surface area contributed by atoms with Gasteiger partial charge in [0.2, 0.25) is 0 Å². The summed E-state index contributed by atoms with van der Waals surface area (Å²) in [6.45, 7) is 10.9. The van der Waals surface area contributed by atoms with Gasteiger partial charge in [-0.25, -0.2) is 0 Å². The van der Waals surface area contributed by atoms with Crippen molar-refractivity contribution in [2.24, 2.45) is 0 Å². The molecule has 0 saturated carbocycles. The molecule has 14 heteroatoms. The van der Waals surface area contributed by atoms with Crippen LogP contribution in [-0.4, -0.2) is 84.7 Å². The van der Waals surface area contributed by atoms with Crippen LogP contribution >= 0.6 is 0 Å². The zero-order valence-corrected chi connectivity index (χ0v) is 67.1. The second-order valence-corrected chi connectivity index (χ2v) is 30.9. The lowest BCUT2D eigenvalue weighted by Gasteiger charge is -2.22. The maximum Gasteiger partial charge on any atom is 0.158 e. The molecule has 21 rings (SSSR count). The first-order valence-corrected chi connectivity index (χ1v) is 42.1. The van der Waals surface area contributed by atoms with Gasteiger partial charge in [0, 0.05) is 129 Å². The fraction of sp³-hybridized carbons (Fsp3) is 0.373. The summed E-state index contributed by atoms with van der Waals surface area (Å²) < 4.78 is 62.6. The fourth-order valence-electron chi connectivity index (χ4n) is 15.1. The van der Waals surface area contributed by atoms with E-state index >= 15 is 0 Å². The number of unbranched alkanes of at least 4 members (excludes halogenated alkanes) is 6. The molecule has 0 aliphatic carbocycles. The number of ether oxygens (including phenoxy) is 10. The van der Waals surface area contributed by atoms with Crippen LogP contribution in [0.25, 0.3) is 108 Å². The van der Waals surface area contributed by atoms with E-state index in [2.05, 4.69) is 196 Å². The van der Waals surface area contributed by atoms with E-state index in [1.54, 1.807) is 0 Å². The predicted molar refractivity (Wildman–Crippen MR) is 461 cm³/mol. The first-order chi connectivity index (χ1) is 57.3. The van der Waals surface area contributed by atoms with Crippen molar-refractivity contribution < 1.29 is 47.4 Å². The summed E-state index contributed by atoms with van der Waals surface area (Å²) in [4.78, 5) is 20.2. The molecule has 14 nitrogen and oxygen atoms in total. The van der Waals surface area contributed by atoms with Crippen molar-refractivity contribution in [2.45, 2.75) is 207 Å². The molecular weight excluding hydrogens is 1440 g/mol. The van der Waals surface area contributed by atoms with Crippen molar-refractivity contribution >= 4 is 108 Å². The monoisotopic (exact) mass is 1540 g/mol. The minimum Gasteiger partial charge on any atom is -0.377 e. The standard InChI is InChI=1S/C102H104N4O10/c1-3-5-7-13-39-107-67-81-47-73-23-27-77-51-83(69-113-99-19-9-15-41-109-99)59-91(55-77)87-31-35-95(103-63-87)97-37-33-89(65-105-97)93-57-79(53-85(61-93)71-115-101-21-11-17-43-111-101)29-25-75-46-76(50-82(49-75)68-108-40-14-8-6-4-2)26-30-80-54-86(72-116-102-22-12-18-44-112-102)62-94(58-80)90-34-38-98(106-66-90)96-36-32-88(64-104-96)92-56-78(28-24-74(45-73)48-81)52-84(60-92)70-114-100-20-10-16-42-110-100/h31-38,45-66,99-102H,3-22,39-44,67-72H2,1-2H3. The van der Waals surface area contributed by atoms with Gasteiger partial charge in [-0.2, -0.15) is 0 Å². The van der Waals surface area contributed by atoms with Crippen molar-refractivity contribution in [3.63, 3.8) is 0 Å². The van der Waals surface area contributed by atoms with E-state index in [-0.39, 0.29) is 25.2 Å². The summed E-state index contributed by atoms with van der Waals surface area (Å²) in [7, 11) is 0. The van der Waals surface area contributed by atoms with E-state index in [0.717, 1.165) is 257 Å². The highest BCUT2D eigenvalue weighted by atomic mass is 16.7. The van der Waals surface area contributed by atoms with Crippen molar-refractivity contribution in [1.29, 1.82) is 0 Å². The second-order valence-electron chi connectivity index (χ2n) is 30.9. The van der Waals surface area contributed by atoms with Gasteiger partial charge in [-0.05, 0) is 278 Å². The number of hydrogen-bond donors (Lipinski definition) is 0. The van der Waals surface area contributed by atoms with Crippen LogP contribution in [0.1, 0.15) is 176 Å². The molecule has 20 bridgehead atoms. The molecule has 7 aromatic carbocycles. The molecule has 4 fully saturated rings. The van der Waals surface area contributed by atoms with Crippen molar-refractivity contribution in [1.82, 2.24) is 19.9 Å². The van der Waals surface area contributed by atoms with E-state index < -0.39 is 0 Å². The summed E-state index contributed by atoms with van der Waals surface area (Å²) in [5, 5.41) is 14.2. The third-order valence-electron chi connectivity index (χ3n) is 21.4. The molecule has 10 aromatic heterocycles. The van der Waals surface area contributed by atoms with Crippen LogP contribution in [0.5, 0.6) is 0 Å². The fourth-order valence-corrected chi connectivity index (χ4v) is 15.1. The van der Waals surface area contributed by atoms with Gasteiger partial charge in [0.25, 0.3) is 0 Å². The Kier molecular flexibility index (Phi) is 29.3. The smallest absolute Gasteiger partial charge is 0.158 e. The molecule has 0 amide bonds. The third kappa shape index (κ3) is 24.0. The molecule has 4 atom stereocenters. The van der Waals surface area contributed by atoms with E-state index in [0.29, 0.717) is 79.3 Å². The Morgan fingerprint density at radius 1 is 0.267 bits per heavy atom. The molecule has 4 aliphatic heterocycles. The largest absolute Gasteiger partial charge is 0.377 e. The van der Waals surface area contributed by atoms with Gasteiger partial charge >= 0.3 is 0 Å². The predicted octanol–water partition coefficient (Wildman–Crippen LogP) is 23.8. The molecule has 4 aliphatic rings. The van der Waals surface area contributed by atoms with Crippen LogP contribution in [0, 0.1) is 48.5 Å². The van der Waals surface area contributed by atoms with E-state index in [1.807, 2.05) is 49.1 Å². The Balaban J connectivity index is 0.884. The van der Waals surface area contributed by atoms with E-state index in [1.165, 1.54) is 12.8 Å². The Morgan fingerprint density at radius 2 is 0.517 bits per heavy atom. The number of hydrogen-bond acceptors (Lipinski definition) is 14. The number of nitrogens with zero attached hydrogens (tertiary/aromatic N) is 4. The minimum absolute atomic E-state index is 0.262. The maximum atomic E-state index is 6.44. The molecule has 0 spiro atoms. The molecule has 0 N–H and O–H groups in total. The summed E-state index contributed by atoms with van der Waals surface area (Å²) in [5.41, 5.74) is 8.89. The maximum absolute atomic E-state index is 6.44. The van der Waals surface area contributed by atoms with Crippen molar-refractivity contribution in [2.75, 3.05) is 39.6 Å². The highest BCUT2D eigenvalue weighted by molar-refractivity contribution is 5.92. The Morgan fingerprint density at radius 3 is 0.741 bits per heavy atom. The van der Waals surface area contributed by atoms with Crippen LogP contribution in [0.15, 0.2) is 183 Å². The Labute approximate surface area is 682 Å². The van der Waals surface area contributed by atoms with Crippen molar-refractivity contribution in [3.05, 3.63) is 264 Å². The molecule has 14 heterocycles. The van der Waals surface area contributed by atoms with Gasteiger partial charge in [0.15, 0.2) is 25.2 Å². The average Bonchev–Trinajstić information content (AvgIpc) is 0.813.